The zero-order valence-electron chi connectivity index (χ0n) is 14.9. The van der Waals surface area contributed by atoms with Gasteiger partial charge in [-0.1, -0.05) is 13.0 Å². The number of halogens is 1. The predicted octanol–water partition coefficient (Wildman–Crippen LogP) is 3.28. The number of carbonyl (C=O) groups excluding carboxylic acids is 1. The molecular weight excluding hydrogens is 375 g/mol. The molecule has 1 saturated heterocycles. The zero-order chi connectivity index (χ0) is 18.9. The standard InChI is InChI=1S/C18H23FN2O3S2/c1-3-11-26(23,24)20-13-7-9-21(10-8-13)18(22)17-12(2)16-14(19)5-4-6-15(16)25-17/h4-6,13,20H,3,7-11H2,1-2H3. The van der Waals surface area contributed by atoms with Gasteiger partial charge in [0.05, 0.1) is 10.6 Å². The Hall–Kier alpha value is -1.51. The number of likely N-dealkylation sites (tertiary alicyclic amines) is 1. The second kappa shape index (κ2) is 7.62. The van der Waals surface area contributed by atoms with E-state index in [0.29, 0.717) is 48.2 Å². The summed E-state index contributed by atoms with van der Waals surface area (Å²) in [6.07, 6.45) is 1.76. The lowest BCUT2D eigenvalue weighted by Crippen LogP contribution is -2.46. The fourth-order valence-electron chi connectivity index (χ4n) is 3.38. The SMILES string of the molecule is CCCS(=O)(=O)NC1CCN(C(=O)c2sc3cccc(F)c3c2C)CC1. The Morgan fingerprint density at radius 2 is 2.04 bits per heavy atom. The summed E-state index contributed by atoms with van der Waals surface area (Å²) in [5.41, 5.74) is 0.680. The van der Waals surface area contributed by atoms with Gasteiger partial charge < -0.3 is 4.90 Å². The number of fused-ring (bicyclic) bond motifs is 1. The van der Waals surface area contributed by atoms with Crippen molar-refractivity contribution in [1.29, 1.82) is 0 Å². The van der Waals surface area contributed by atoms with Gasteiger partial charge in [0, 0.05) is 29.2 Å². The van der Waals surface area contributed by atoms with Crippen LogP contribution in [0.1, 0.15) is 41.4 Å². The van der Waals surface area contributed by atoms with Gasteiger partial charge in [-0.05, 0) is 43.9 Å². The highest BCUT2D eigenvalue weighted by Crippen LogP contribution is 2.33. The monoisotopic (exact) mass is 398 g/mol. The Kier molecular flexibility index (Phi) is 5.64. The van der Waals surface area contributed by atoms with E-state index in [1.54, 1.807) is 17.9 Å². The molecular formula is C18H23FN2O3S2. The van der Waals surface area contributed by atoms with Gasteiger partial charge >= 0.3 is 0 Å². The van der Waals surface area contributed by atoms with E-state index in [-0.39, 0.29) is 23.5 Å². The lowest BCUT2D eigenvalue weighted by atomic mass is 10.1. The maximum atomic E-state index is 14.1. The summed E-state index contributed by atoms with van der Waals surface area (Å²) in [5, 5.41) is 0.517. The van der Waals surface area contributed by atoms with Crippen LogP contribution in [-0.4, -0.2) is 44.1 Å². The molecule has 0 unspecified atom stereocenters. The number of hydrogen-bond acceptors (Lipinski definition) is 4. The summed E-state index contributed by atoms with van der Waals surface area (Å²) in [7, 11) is -3.24. The minimum Gasteiger partial charge on any atom is -0.338 e. The highest BCUT2D eigenvalue weighted by molar-refractivity contribution is 7.89. The lowest BCUT2D eigenvalue weighted by molar-refractivity contribution is 0.0715. The molecule has 1 aromatic heterocycles. The number of nitrogens with one attached hydrogen (secondary N) is 1. The number of rotatable bonds is 5. The van der Waals surface area contributed by atoms with Crippen molar-refractivity contribution in [2.45, 2.75) is 39.2 Å². The van der Waals surface area contributed by atoms with Crippen LogP contribution >= 0.6 is 11.3 Å². The number of aryl methyl sites for hydroxylation is 1. The molecule has 5 nitrogen and oxygen atoms in total. The van der Waals surface area contributed by atoms with Crippen molar-refractivity contribution in [2.75, 3.05) is 18.8 Å². The molecule has 0 atom stereocenters. The van der Waals surface area contributed by atoms with Gasteiger partial charge in [0.2, 0.25) is 10.0 Å². The molecule has 1 fully saturated rings. The average Bonchev–Trinajstić information content (AvgIpc) is 2.92. The molecule has 0 bridgehead atoms. The van der Waals surface area contributed by atoms with Crippen LogP contribution in [0.15, 0.2) is 18.2 Å². The number of hydrogen-bond donors (Lipinski definition) is 1. The predicted molar refractivity (Wildman–Crippen MR) is 103 cm³/mol. The van der Waals surface area contributed by atoms with Crippen molar-refractivity contribution in [3.8, 4) is 0 Å². The van der Waals surface area contributed by atoms with Crippen molar-refractivity contribution in [3.63, 3.8) is 0 Å². The first-order valence-corrected chi connectivity index (χ1v) is 11.3. The van der Waals surface area contributed by atoms with Gasteiger partial charge in [0.15, 0.2) is 0 Å². The van der Waals surface area contributed by atoms with E-state index >= 15 is 0 Å². The molecule has 2 aromatic rings. The van der Waals surface area contributed by atoms with Crippen LogP contribution in [0.2, 0.25) is 0 Å². The fourth-order valence-corrected chi connectivity index (χ4v) is 5.97. The largest absolute Gasteiger partial charge is 0.338 e. The molecule has 0 radical (unpaired) electrons. The van der Waals surface area contributed by atoms with Gasteiger partial charge in [-0.25, -0.2) is 17.5 Å². The summed E-state index contributed by atoms with van der Waals surface area (Å²) >= 11 is 1.31. The summed E-state index contributed by atoms with van der Waals surface area (Å²) in [5.74, 6) is -0.282. The van der Waals surface area contributed by atoms with E-state index in [1.807, 2.05) is 13.0 Å². The molecule has 2 heterocycles. The molecule has 0 aliphatic carbocycles. The maximum absolute atomic E-state index is 14.1. The van der Waals surface area contributed by atoms with Crippen molar-refractivity contribution < 1.29 is 17.6 Å². The smallest absolute Gasteiger partial charge is 0.264 e. The first-order valence-electron chi connectivity index (χ1n) is 8.79. The number of piperidine rings is 1. The molecule has 1 aromatic carbocycles. The molecule has 8 heteroatoms. The first-order chi connectivity index (χ1) is 12.3. The third-order valence-electron chi connectivity index (χ3n) is 4.70. The number of benzene rings is 1. The topological polar surface area (TPSA) is 66.5 Å². The van der Waals surface area contributed by atoms with E-state index in [9.17, 15) is 17.6 Å². The van der Waals surface area contributed by atoms with Crippen LogP contribution in [-0.2, 0) is 10.0 Å². The summed E-state index contributed by atoms with van der Waals surface area (Å²) in [6.45, 7) is 4.60. The molecule has 1 amide bonds. The van der Waals surface area contributed by atoms with Crippen LogP contribution in [0.3, 0.4) is 0 Å². The van der Waals surface area contributed by atoms with E-state index in [1.165, 1.54) is 17.4 Å². The Bertz CT molecular complexity index is 916. The molecule has 3 rings (SSSR count). The minimum absolute atomic E-state index is 0.0991. The molecule has 142 valence electrons. The van der Waals surface area contributed by atoms with Gasteiger partial charge in [-0.3, -0.25) is 4.79 Å². The quantitative estimate of drug-likeness (QED) is 0.841. The van der Waals surface area contributed by atoms with Crippen molar-refractivity contribution in [2.24, 2.45) is 0 Å². The average molecular weight is 399 g/mol. The van der Waals surface area contributed by atoms with Crippen LogP contribution in [0, 0.1) is 12.7 Å². The number of carbonyl (C=O) groups is 1. The van der Waals surface area contributed by atoms with Gasteiger partial charge in [-0.2, -0.15) is 0 Å². The summed E-state index contributed by atoms with van der Waals surface area (Å²) in [4.78, 5) is 15.2. The molecule has 0 saturated carbocycles. The number of thiophene rings is 1. The Balaban J connectivity index is 1.70. The van der Waals surface area contributed by atoms with E-state index in [4.69, 9.17) is 0 Å². The Labute approximate surface area is 157 Å². The molecule has 1 N–H and O–H groups in total. The number of sulfonamides is 1. The van der Waals surface area contributed by atoms with E-state index < -0.39 is 10.0 Å². The van der Waals surface area contributed by atoms with Gasteiger partial charge in [0.1, 0.15) is 5.82 Å². The third-order valence-corrected chi connectivity index (χ3v) is 7.58. The lowest BCUT2D eigenvalue weighted by Gasteiger charge is -2.32. The highest BCUT2D eigenvalue weighted by Gasteiger charge is 2.28. The van der Waals surface area contributed by atoms with Gasteiger partial charge in [-0.15, -0.1) is 11.3 Å². The molecule has 26 heavy (non-hydrogen) atoms. The van der Waals surface area contributed by atoms with Crippen molar-refractivity contribution in [1.82, 2.24) is 9.62 Å². The van der Waals surface area contributed by atoms with Crippen molar-refractivity contribution >= 4 is 37.4 Å². The number of amides is 1. The first kappa shape index (κ1) is 19.3. The van der Waals surface area contributed by atoms with E-state index in [2.05, 4.69) is 4.72 Å². The second-order valence-electron chi connectivity index (χ2n) is 6.67. The fraction of sp³-hybridized carbons (Fsp3) is 0.500. The summed E-state index contributed by atoms with van der Waals surface area (Å²) < 4.78 is 41.3. The molecule has 0 spiro atoms. The minimum atomic E-state index is -3.24. The second-order valence-corrected chi connectivity index (χ2v) is 9.60. The Morgan fingerprint density at radius 3 is 2.65 bits per heavy atom. The highest BCUT2D eigenvalue weighted by atomic mass is 32.2. The van der Waals surface area contributed by atoms with Crippen LogP contribution in [0.25, 0.3) is 10.1 Å². The Morgan fingerprint density at radius 1 is 1.35 bits per heavy atom. The number of nitrogens with zero attached hydrogens (tertiary/aromatic N) is 1. The third kappa shape index (κ3) is 3.92. The van der Waals surface area contributed by atoms with Crippen LogP contribution in [0.5, 0.6) is 0 Å². The van der Waals surface area contributed by atoms with Crippen LogP contribution < -0.4 is 4.72 Å². The van der Waals surface area contributed by atoms with Crippen molar-refractivity contribution in [3.05, 3.63) is 34.5 Å². The molecule has 1 aliphatic rings. The normalized spacial score (nSPS) is 16.3. The van der Waals surface area contributed by atoms with Crippen LogP contribution in [0.4, 0.5) is 4.39 Å². The molecule has 1 aliphatic heterocycles. The zero-order valence-corrected chi connectivity index (χ0v) is 16.6. The van der Waals surface area contributed by atoms with E-state index in [0.717, 1.165) is 4.70 Å². The van der Waals surface area contributed by atoms with Gasteiger partial charge in [0.25, 0.3) is 5.91 Å². The maximum Gasteiger partial charge on any atom is 0.264 e. The summed E-state index contributed by atoms with van der Waals surface area (Å²) in [6, 6.07) is 4.75.